The maximum atomic E-state index is 11.1. The zero-order valence-corrected chi connectivity index (χ0v) is 75.8. The van der Waals surface area contributed by atoms with Gasteiger partial charge in [-0.15, -0.1) is 0 Å². The number of H-pyrrole nitrogens is 1. The van der Waals surface area contributed by atoms with Crippen molar-refractivity contribution in [3.63, 3.8) is 0 Å². The van der Waals surface area contributed by atoms with Crippen LogP contribution >= 0.6 is 11.8 Å². The second-order valence-corrected chi connectivity index (χ2v) is 40.6. The molecule has 0 unspecified atom stereocenters. The molecule has 1 N–H and O–H groups in total. The highest BCUT2D eigenvalue weighted by atomic mass is 32.2. The fourth-order valence-electron chi connectivity index (χ4n) is 14.6. The number of aryl methyl sites for hydroxylation is 1. The molecular weight excluding hydrogens is 1330 g/mol. The number of piperidine rings is 5. The van der Waals surface area contributed by atoms with Crippen LogP contribution in [0.5, 0.6) is 0 Å². The van der Waals surface area contributed by atoms with Gasteiger partial charge in [-0.05, 0) is 276 Å². The first kappa shape index (κ1) is 99.7. The number of piperazine rings is 1. The van der Waals surface area contributed by atoms with E-state index in [0.29, 0.717) is 40.1 Å². The largest absolute Gasteiger partial charge is 0.381 e. The van der Waals surface area contributed by atoms with E-state index >= 15 is 0 Å². The van der Waals surface area contributed by atoms with Crippen LogP contribution in [0.25, 0.3) is 10.9 Å². The molecule has 0 radical (unpaired) electrons. The molecule has 8 heterocycles. The Hall–Kier alpha value is -2.38. The Morgan fingerprint density at radius 1 is 0.500 bits per heavy atom. The van der Waals surface area contributed by atoms with Gasteiger partial charge in [0.05, 0.1) is 41.2 Å². The number of thioether (sulfide) groups is 1. The molecule has 106 heavy (non-hydrogen) atoms. The lowest BCUT2D eigenvalue weighted by Gasteiger charge is -2.37. The fraction of sp³-hybridized carbons (Fsp3) is 0.900. The summed E-state index contributed by atoms with van der Waals surface area (Å²) in [6.07, 6.45) is 28.4. The van der Waals surface area contributed by atoms with Gasteiger partial charge in [0.25, 0.3) is 0 Å². The third-order valence-corrected chi connectivity index (χ3v) is 22.5. The summed E-state index contributed by atoms with van der Waals surface area (Å²) >= 11 is 2.07. The van der Waals surface area contributed by atoms with Crippen molar-refractivity contribution >= 4 is 34.5 Å². The molecule has 0 atom stereocenters. The predicted molar refractivity (Wildman–Crippen MR) is 461 cm³/mol. The van der Waals surface area contributed by atoms with Crippen LogP contribution in [0.4, 0.5) is 0 Å². The van der Waals surface area contributed by atoms with Gasteiger partial charge in [-0.25, -0.2) is 0 Å². The number of likely N-dealkylation sites (tertiary alicyclic amines) is 5. The Bertz CT molecular complexity index is 2490. The molecule has 7 saturated heterocycles. The van der Waals surface area contributed by atoms with Gasteiger partial charge in [0, 0.05) is 135 Å². The third kappa shape index (κ3) is 50.6. The first-order chi connectivity index (χ1) is 49.5. The summed E-state index contributed by atoms with van der Waals surface area (Å²) in [4.78, 5) is 41.4. The SMILES string of the molecule is CC(=O)N1CCC(CCC(C)(C)C)CC1.CC(=O)N1CCC(OC(C)(C)C)CC1.CC(C)(C)CCc1ccc2[nH]ncc2c1.CC(C)(C)N1CCSCC1.CCCN1CCC(CCC(C)C)CC1.CCCN1CCC(OC(C)(C)C)CC1.CCCN1CCC(OC)CC1.CN1CCN(CCC(C)(C)C)CC1. The number of amides is 2. The summed E-state index contributed by atoms with van der Waals surface area (Å²) in [6.45, 7) is 78.9. The molecule has 9 rings (SSSR count). The van der Waals surface area contributed by atoms with Crippen LogP contribution in [0.15, 0.2) is 24.4 Å². The molecule has 15 nitrogen and oxygen atoms in total. The van der Waals surface area contributed by atoms with Crippen LogP contribution < -0.4 is 0 Å². The van der Waals surface area contributed by atoms with Crippen LogP contribution in [0.3, 0.4) is 0 Å². The average Bonchev–Trinajstić information content (AvgIpc) is 1.72. The highest BCUT2D eigenvalue weighted by Gasteiger charge is 2.28. The summed E-state index contributed by atoms with van der Waals surface area (Å²) in [5.74, 6) is 5.83. The number of nitrogens with one attached hydrogen (secondary N) is 1. The van der Waals surface area contributed by atoms with E-state index in [9.17, 15) is 9.59 Å². The number of hydrogen-bond donors (Lipinski definition) is 1. The molecule has 16 heteroatoms. The van der Waals surface area contributed by atoms with E-state index in [1.807, 2.05) is 23.1 Å². The van der Waals surface area contributed by atoms with Gasteiger partial charge in [-0.2, -0.15) is 16.9 Å². The molecule has 1 aromatic heterocycles. The normalized spacial score (nSPS) is 19.8. The number of likely N-dealkylation sites (N-methyl/N-ethyl adjacent to an activating group) is 1. The number of carbonyl (C=O) groups excluding carboxylic acids is 2. The summed E-state index contributed by atoms with van der Waals surface area (Å²) in [7, 11) is 4.03. The van der Waals surface area contributed by atoms with Gasteiger partial charge in [-0.1, -0.05) is 116 Å². The number of rotatable bonds is 18. The number of methoxy groups -OCH3 is 1. The van der Waals surface area contributed by atoms with E-state index in [0.717, 1.165) is 68.7 Å². The van der Waals surface area contributed by atoms with E-state index in [1.54, 1.807) is 13.8 Å². The molecule has 7 aliphatic rings. The fourth-order valence-corrected chi connectivity index (χ4v) is 15.5. The van der Waals surface area contributed by atoms with Gasteiger partial charge in [0.1, 0.15) is 0 Å². The van der Waals surface area contributed by atoms with Crippen LogP contribution in [0.2, 0.25) is 0 Å². The van der Waals surface area contributed by atoms with Gasteiger partial charge in [0.2, 0.25) is 11.8 Å². The van der Waals surface area contributed by atoms with Gasteiger partial charge in [0.15, 0.2) is 0 Å². The first-order valence-electron chi connectivity index (χ1n) is 43.2. The quantitative estimate of drug-likeness (QED) is 0.153. The van der Waals surface area contributed by atoms with E-state index < -0.39 is 0 Å². The van der Waals surface area contributed by atoms with Crippen LogP contribution in [-0.4, -0.2) is 253 Å². The predicted octanol–water partition coefficient (Wildman–Crippen LogP) is 19.7. The minimum Gasteiger partial charge on any atom is -0.381 e. The van der Waals surface area contributed by atoms with Crippen LogP contribution in [0.1, 0.15) is 301 Å². The standard InChI is InChI=1S/C13H18N2.C13H25NO.C13H27N.C12H25NO.C11H24N2.C11H21NO2.C9H19NO.C8H17NS/c1-13(2,3)7-6-10-4-5-12-11(8-10)9-14-15-12;1-11(15)14-9-6-12(7-10-14)5-8-13(2,3)4;1-4-9-14-10-7-13(8-11-14)6-5-12(2)3;1-5-8-13-9-6-11(7-10-13)14-12(2,3)4;1-11(2,3)5-6-13-9-7-12(4)8-10-13;1-9(13)12-7-5-10(6-8-12)14-11(2,3)4;1-3-6-10-7-4-9(11-2)5-8-10;1-8(2,3)9-4-6-10-7-5-9/h4-5,8-9H,6-7H2,1-3H3,(H,14,15);12H,5-10H2,1-4H3;12-13H,4-11H2,1-3H3;11H,5-10H2,1-4H3;5-10H2,1-4H3;10H,5-8H2,1-4H3;9H,3-8H2,1-2H3;4-7H2,1-3H3. The lowest BCUT2D eigenvalue weighted by atomic mass is 9.83. The van der Waals surface area contributed by atoms with Crippen molar-refractivity contribution in [2.75, 3.05) is 157 Å². The van der Waals surface area contributed by atoms with E-state index in [1.165, 1.54) is 236 Å². The van der Waals surface area contributed by atoms with Crippen molar-refractivity contribution in [2.45, 2.75) is 337 Å². The average molecular weight is 1510 g/mol. The molecular formula is C90H176N10O5S. The van der Waals surface area contributed by atoms with Crippen molar-refractivity contribution < 1.29 is 23.8 Å². The highest BCUT2D eigenvalue weighted by molar-refractivity contribution is 7.99. The summed E-state index contributed by atoms with van der Waals surface area (Å²) in [5.41, 5.74) is 4.22. The summed E-state index contributed by atoms with van der Waals surface area (Å²) < 4.78 is 17.1. The van der Waals surface area contributed by atoms with E-state index in [-0.39, 0.29) is 23.0 Å². The molecule has 2 aromatic rings. The van der Waals surface area contributed by atoms with Gasteiger partial charge >= 0.3 is 0 Å². The lowest BCUT2D eigenvalue weighted by Crippen LogP contribution is -2.45. The van der Waals surface area contributed by atoms with Crippen molar-refractivity contribution in [1.82, 2.24) is 49.4 Å². The maximum Gasteiger partial charge on any atom is 0.219 e. The number of ether oxygens (including phenoxy) is 3. The Labute approximate surface area is 661 Å². The number of hydrogen-bond acceptors (Lipinski definition) is 13. The Morgan fingerprint density at radius 2 is 0.896 bits per heavy atom. The van der Waals surface area contributed by atoms with Crippen molar-refractivity contribution in [3.05, 3.63) is 30.0 Å². The number of aromatic amines is 1. The van der Waals surface area contributed by atoms with Gasteiger partial charge < -0.3 is 48.5 Å². The van der Waals surface area contributed by atoms with Gasteiger partial charge in [-0.3, -0.25) is 19.6 Å². The number of aromatic nitrogens is 2. The number of nitrogens with zero attached hydrogens (tertiary/aromatic N) is 9. The third-order valence-electron chi connectivity index (χ3n) is 21.6. The molecule has 7 aliphatic heterocycles. The Morgan fingerprint density at radius 3 is 1.28 bits per heavy atom. The smallest absolute Gasteiger partial charge is 0.219 e. The lowest BCUT2D eigenvalue weighted by molar-refractivity contribution is -0.134. The molecule has 0 spiro atoms. The van der Waals surface area contributed by atoms with E-state index in [4.69, 9.17) is 14.2 Å². The zero-order chi connectivity index (χ0) is 79.7. The maximum absolute atomic E-state index is 11.1. The van der Waals surface area contributed by atoms with Crippen LogP contribution in [-0.2, 0) is 30.2 Å². The molecule has 0 saturated carbocycles. The van der Waals surface area contributed by atoms with Crippen LogP contribution in [0, 0.1) is 34.0 Å². The number of fused-ring (bicyclic) bond motifs is 1. The second kappa shape index (κ2) is 52.1. The summed E-state index contributed by atoms with van der Waals surface area (Å²) in [6, 6.07) is 6.52. The molecule has 2 amide bonds. The molecule has 0 bridgehead atoms. The molecule has 7 fully saturated rings. The minimum atomic E-state index is -0.0664. The van der Waals surface area contributed by atoms with E-state index in [2.05, 4.69) is 236 Å². The monoisotopic (exact) mass is 1510 g/mol. The zero-order valence-electron chi connectivity index (χ0n) is 74.9. The molecule has 622 valence electrons. The second-order valence-electron chi connectivity index (χ2n) is 39.4. The first-order valence-corrected chi connectivity index (χ1v) is 44.4. The summed E-state index contributed by atoms with van der Waals surface area (Å²) in [5, 5.41) is 8.21. The van der Waals surface area contributed by atoms with Crippen molar-refractivity contribution in [2.24, 2.45) is 34.0 Å². The highest BCUT2D eigenvalue weighted by Crippen LogP contribution is 2.30. The van der Waals surface area contributed by atoms with Crippen molar-refractivity contribution in [3.8, 4) is 0 Å². The number of carbonyl (C=O) groups is 2. The minimum absolute atomic E-state index is 0.0254. The topological polar surface area (TPSA) is 116 Å². The number of benzene rings is 1. The molecule has 0 aliphatic carbocycles. The molecule has 1 aromatic carbocycles. The van der Waals surface area contributed by atoms with Crippen molar-refractivity contribution in [1.29, 1.82) is 0 Å². The Balaban J connectivity index is 0.000000413. The Kier molecular flexibility index (Phi) is 49.0.